The smallest absolute Gasteiger partial charge is 0.132 e. The minimum Gasteiger partial charge on any atom is -0.206 e. The van der Waals surface area contributed by atoms with Crippen LogP contribution in [0, 0.1) is 11.6 Å². The van der Waals surface area contributed by atoms with Crippen molar-refractivity contribution in [3.05, 3.63) is 57.1 Å². The molecule has 2 aromatic rings. The van der Waals surface area contributed by atoms with Gasteiger partial charge in [0.05, 0.1) is 0 Å². The highest BCUT2D eigenvalue weighted by molar-refractivity contribution is 9.10. The lowest BCUT2D eigenvalue weighted by Crippen LogP contribution is -2.09. The van der Waals surface area contributed by atoms with Crippen molar-refractivity contribution in [2.45, 2.75) is 32.6 Å². The van der Waals surface area contributed by atoms with Crippen LogP contribution in [-0.4, -0.2) is 0 Å². The minimum absolute atomic E-state index is 0.298. The average molecular weight is 337 g/mol. The van der Waals surface area contributed by atoms with Crippen molar-refractivity contribution in [3.8, 4) is 11.1 Å². The second-order valence-corrected chi connectivity index (χ2v) is 6.20. The van der Waals surface area contributed by atoms with Gasteiger partial charge in [0.2, 0.25) is 0 Å². The molecule has 0 aromatic heterocycles. The molecule has 0 atom stereocenters. The first kappa shape index (κ1) is 13.7. The normalized spacial score (nSPS) is 13.0. The van der Waals surface area contributed by atoms with Crippen LogP contribution in [0.3, 0.4) is 0 Å². The minimum atomic E-state index is -0.350. The third-order valence-electron chi connectivity index (χ3n) is 3.82. The molecule has 1 aliphatic rings. The Hall–Kier alpha value is -1.22. The second-order valence-electron chi connectivity index (χ2n) is 5.28. The fraction of sp³-hybridized carbons (Fsp3) is 0.294. The predicted molar refractivity (Wildman–Crippen MR) is 80.9 cm³/mol. The van der Waals surface area contributed by atoms with Crippen LogP contribution in [0.5, 0.6) is 0 Å². The van der Waals surface area contributed by atoms with E-state index in [0.717, 1.165) is 42.4 Å². The first-order valence-electron chi connectivity index (χ1n) is 6.89. The van der Waals surface area contributed by atoms with Crippen LogP contribution in [-0.2, 0) is 19.3 Å². The zero-order valence-corrected chi connectivity index (χ0v) is 12.9. The summed E-state index contributed by atoms with van der Waals surface area (Å²) in [7, 11) is 0. The molecule has 0 fully saturated rings. The maximum atomic E-state index is 14.4. The van der Waals surface area contributed by atoms with Crippen LogP contribution < -0.4 is 0 Å². The molecule has 0 bridgehead atoms. The molecule has 0 radical (unpaired) electrons. The Kier molecular flexibility index (Phi) is 3.63. The van der Waals surface area contributed by atoms with Crippen LogP contribution >= 0.6 is 15.9 Å². The van der Waals surface area contributed by atoms with Crippen LogP contribution in [0.2, 0.25) is 0 Å². The Bertz CT molecular complexity index is 677. The van der Waals surface area contributed by atoms with E-state index in [1.54, 1.807) is 6.07 Å². The molecule has 0 N–H and O–H groups in total. The lowest BCUT2D eigenvalue weighted by Gasteiger charge is -2.22. The highest BCUT2D eigenvalue weighted by Gasteiger charge is 2.24. The van der Waals surface area contributed by atoms with Crippen molar-refractivity contribution in [1.29, 1.82) is 0 Å². The number of halogens is 3. The van der Waals surface area contributed by atoms with E-state index in [1.807, 2.05) is 12.1 Å². The quantitative estimate of drug-likeness (QED) is 0.684. The molecular formula is C17H15BrF2. The largest absolute Gasteiger partial charge is 0.206 e. The maximum Gasteiger partial charge on any atom is 0.132 e. The van der Waals surface area contributed by atoms with Gasteiger partial charge in [0.25, 0.3) is 0 Å². The summed E-state index contributed by atoms with van der Waals surface area (Å²) in [6.45, 7) is 2.07. The Labute approximate surface area is 126 Å². The van der Waals surface area contributed by atoms with Crippen molar-refractivity contribution >= 4 is 15.9 Å². The fourth-order valence-electron chi connectivity index (χ4n) is 3.01. The van der Waals surface area contributed by atoms with Gasteiger partial charge in [-0.25, -0.2) is 8.78 Å². The van der Waals surface area contributed by atoms with Crippen LogP contribution in [0.1, 0.15) is 30.0 Å². The summed E-state index contributed by atoms with van der Waals surface area (Å²) in [6.07, 6.45) is 3.37. The number of aryl methyl sites for hydroxylation is 3. The molecule has 0 saturated heterocycles. The van der Waals surface area contributed by atoms with Crippen molar-refractivity contribution in [2.24, 2.45) is 0 Å². The van der Waals surface area contributed by atoms with E-state index in [4.69, 9.17) is 0 Å². The van der Waals surface area contributed by atoms with E-state index in [2.05, 4.69) is 22.9 Å². The molecule has 0 unspecified atom stereocenters. The highest BCUT2D eigenvalue weighted by Crippen LogP contribution is 2.39. The Morgan fingerprint density at radius 1 is 0.950 bits per heavy atom. The van der Waals surface area contributed by atoms with Crippen molar-refractivity contribution in [1.82, 2.24) is 0 Å². The fourth-order valence-corrected chi connectivity index (χ4v) is 3.49. The molecule has 20 heavy (non-hydrogen) atoms. The maximum absolute atomic E-state index is 14.4. The summed E-state index contributed by atoms with van der Waals surface area (Å²) in [5, 5.41) is 0. The monoisotopic (exact) mass is 336 g/mol. The third-order valence-corrected chi connectivity index (χ3v) is 4.28. The lowest BCUT2D eigenvalue weighted by molar-refractivity contribution is 0.607. The number of rotatable bonds is 2. The molecule has 0 spiro atoms. The average Bonchev–Trinajstić information content (AvgIpc) is 2.38. The van der Waals surface area contributed by atoms with E-state index in [1.165, 1.54) is 6.07 Å². The molecule has 104 valence electrons. The lowest BCUT2D eigenvalue weighted by atomic mass is 9.83. The molecule has 1 aliphatic carbocycles. The number of fused-ring (bicyclic) bond motifs is 3. The SMILES string of the molecule is CCCc1cc(F)c2c(c1)CCc1cc(Br)cc(F)c1-2. The Balaban J connectivity index is 2.22. The van der Waals surface area contributed by atoms with Crippen LogP contribution in [0.4, 0.5) is 8.78 Å². The Morgan fingerprint density at radius 2 is 1.55 bits per heavy atom. The molecule has 3 rings (SSSR count). The molecule has 2 aromatic carbocycles. The first-order valence-corrected chi connectivity index (χ1v) is 7.69. The van der Waals surface area contributed by atoms with Gasteiger partial charge in [-0.3, -0.25) is 0 Å². The molecule has 0 aliphatic heterocycles. The number of benzene rings is 2. The summed E-state index contributed by atoms with van der Waals surface area (Å²) < 4.78 is 29.4. The topological polar surface area (TPSA) is 0 Å². The van der Waals surface area contributed by atoms with Crippen LogP contribution in [0.25, 0.3) is 11.1 Å². The van der Waals surface area contributed by atoms with E-state index < -0.39 is 0 Å². The van der Waals surface area contributed by atoms with Gasteiger partial charge >= 0.3 is 0 Å². The van der Waals surface area contributed by atoms with Gasteiger partial charge in [0, 0.05) is 15.6 Å². The summed E-state index contributed by atoms with van der Waals surface area (Å²) >= 11 is 3.30. The van der Waals surface area contributed by atoms with Crippen molar-refractivity contribution in [3.63, 3.8) is 0 Å². The van der Waals surface area contributed by atoms with Gasteiger partial charge in [-0.1, -0.05) is 35.3 Å². The van der Waals surface area contributed by atoms with Gasteiger partial charge in [0.15, 0.2) is 0 Å². The van der Waals surface area contributed by atoms with Gasteiger partial charge in [-0.05, 0) is 54.2 Å². The van der Waals surface area contributed by atoms with E-state index >= 15 is 0 Å². The zero-order chi connectivity index (χ0) is 14.3. The summed E-state index contributed by atoms with van der Waals surface area (Å²) in [5.41, 5.74) is 3.71. The standard InChI is InChI=1S/C17H15BrF2/c1-2-3-10-6-11-4-5-12-8-13(18)9-15(20)17(12)16(11)14(19)7-10/h6-9H,2-5H2,1H3. The number of hydrogen-bond acceptors (Lipinski definition) is 0. The molecule has 0 saturated carbocycles. The third kappa shape index (κ3) is 2.28. The highest BCUT2D eigenvalue weighted by atomic mass is 79.9. The molecule has 3 heteroatoms. The van der Waals surface area contributed by atoms with Gasteiger partial charge in [-0.15, -0.1) is 0 Å². The molecular weight excluding hydrogens is 322 g/mol. The zero-order valence-electron chi connectivity index (χ0n) is 11.3. The van der Waals surface area contributed by atoms with E-state index in [0.29, 0.717) is 15.6 Å². The summed E-state index contributed by atoms with van der Waals surface area (Å²) in [4.78, 5) is 0. The second kappa shape index (κ2) is 5.28. The summed E-state index contributed by atoms with van der Waals surface area (Å²) in [5.74, 6) is -0.648. The van der Waals surface area contributed by atoms with Crippen molar-refractivity contribution < 1.29 is 8.78 Å². The van der Waals surface area contributed by atoms with Crippen molar-refractivity contribution in [2.75, 3.05) is 0 Å². The van der Waals surface area contributed by atoms with Gasteiger partial charge in [-0.2, -0.15) is 0 Å². The van der Waals surface area contributed by atoms with Gasteiger partial charge < -0.3 is 0 Å². The Morgan fingerprint density at radius 3 is 2.20 bits per heavy atom. The van der Waals surface area contributed by atoms with Crippen LogP contribution in [0.15, 0.2) is 28.7 Å². The molecule has 0 amide bonds. The molecule has 0 heterocycles. The first-order chi connectivity index (χ1) is 9.60. The number of hydrogen-bond donors (Lipinski definition) is 0. The summed E-state index contributed by atoms with van der Waals surface area (Å²) in [6, 6.07) is 6.89. The van der Waals surface area contributed by atoms with E-state index in [-0.39, 0.29) is 11.6 Å². The van der Waals surface area contributed by atoms with E-state index in [9.17, 15) is 8.78 Å². The van der Waals surface area contributed by atoms with Gasteiger partial charge in [0.1, 0.15) is 11.6 Å². The predicted octanol–water partition coefficient (Wildman–Crippen LogP) is 5.45. The molecule has 0 nitrogen and oxygen atoms in total.